The Morgan fingerprint density at radius 3 is 2.76 bits per heavy atom. The van der Waals surface area contributed by atoms with Crippen molar-refractivity contribution in [3.05, 3.63) is 11.7 Å². The number of nitrogens with zero attached hydrogens (tertiary/aromatic N) is 2. The lowest BCUT2D eigenvalue weighted by Gasteiger charge is -2.17. The van der Waals surface area contributed by atoms with Crippen LogP contribution in [-0.2, 0) is 17.8 Å². The fourth-order valence-corrected chi connectivity index (χ4v) is 1.60. The van der Waals surface area contributed by atoms with E-state index in [1.807, 2.05) is 7.05 Å². The van der Waals surface area contributed by atoms with Gasteiger partial charge in [-0.2, -0.15) is 4.98 Å². The van der Waals surface area contributed by atoms with Crippen molar-refractivity contribution >= 4 is 0 Å². The molecule has 1 N–H and O–H groups in total. The van der Waals surface area contributed by atoms with Gasteiger partial charge in [-0.05, 0) is 19.4 Å². The average Bonchev–Trinajstić information content (AvgIpc) is 2.74. The van der Waals surface area contributed by atoms with E-state index in [1.54, 1.807) is 0 Å². The largest absolute Gasteiger partial charge is 0.373 e. The summed E-state index contributed by atoms with van der Waals surface area (Å²) in [5.41, 5.74) is 0. The molecule has 0 spiro atoms. The van der Waals surface area contributed by atoms with Gasteiger partial charge in [0.25, 0.3) is 0 Å². The second-order valence-electron chi connectivity index (χ2n) is 4.50. The van der Waals surface area contributed by atoms with Gasteiger partial charge in [0.1, 0.15) is 6.61 Å². The summed E-state index contributed by atoms with van der Waals surface area (Å²) in [6.07, 6.45) is 1.76. The molecule has 5 heteroatoms. The molecule has 98 valence electrons. The van der Waals surface area contributed by atoms with E-state index in [9.17, 15) is 0 Å². The van der Waals surface area contributed by atoms with Gasteiger partial charge in [0.2, 0.25) is 5.89 Å². The molecular formula is C12H23N3O2. The van der Waals surface area contributed by atoms with Crippen molar-refractivity contribution in [3.8, 4) is 0 Å². The number of aromatic nitrogens is 2. The van der Waals surface area contributed by atoms with E-state index in [2.05, 4.69) is 36.2 Å². The highest BCUT2D eigenvalue weighted by atomic mass is 16.5. The van der Waals surface area contributed by atoms with Crippen LogP contribution in [0.2, 0.25) is 0 Å². The van der Waals surface area contributed by atoms with Gasteiger partial charge in [0, 0.05) is 19.1 Å². The molecule has 0 amide bonds. The molecule has 0 fully saturated rings. The fourth-order valence-electron chi connectivity index (χ4n) is 1.60. The standard InChI is InChI=1S/C12H23N3O2/c1-5-6-16-8-11-14-12(17-15-11)7-10(13-4)9(2)3/h9-10,13H,5-8H2,1-4H3. The zero-order valence-electron chi connectivity index (χ0n) is 11.2. The van der Waals surface area contributed by atoms with Gasteiger partial charge in [-0.25, -0.2) is 0 Å². The van der Waals surface area contributed by atoms with Crippen LogP contribution in [-0.4, -0.2) is 29.8 Å². The first-order chi connectivity index (χ1) is 8.17. The van der Waals surface area contributed by atoms with E-state index in [0.717, 1.165) is 19.4 Å². The van der Waals surface area contributed by atoms with Gasteiger partial charge in [-0.15, -0.1) is 0 Å². The minimum atomic E-state index is 0.361. The second kappa shape index (κ2) is 7.40. The van der Waals surface area contributed by atoms with Crippen molar-refractivity contribution in [2.75, 3.05) is 13.7 Å². The van der Waals surface area contributed by atoms with Gasteiger partial charge in [0.05, 0.1) is 0 Å². The minimum Gasteiger partial charge on any atom is -0.373 e. The molecule has 0 aliphatic carbocycles. The Morgan fingerprint density at radius 2 is 2.18 bits per heavy atom. The fraction of sp³-hybridized carbons (Fsp3) is 0.833. The number of nitrogens with one attached hydrogen (secondary N) is 1. The summed E-state index contributed by atoms with van der Waals surface area (Å²) in [7, 11) is 1.95. The van der Waals surface area contributed by atoms with Crippen molar-refractivity contribution in [2.24, 2.45) is 5.92 Å². The Kier molecular flexibility index (Phi) is 6.15. The van der Waals surface area contributed by atoms with Crippen LogP contribution in [0.4, 0.5) is 0 Å². The molecular weight excluding hydrogens is 218 g/mol. The molecule has 1 atom stereocenters. The van der Waals surface area contributed by atoms with Crippen LogP contribution < -0.4 is 5.32 Å². The molecule has 0 saturated carbocycles. The summed E-state index contributed by atoms with van der Waals surface area (Å²) in [4.78, 5) is 4.31. The molecule has 1 aromatic rings. The van der Waals surface area contributed by atoms with Crippen molar-refractivity contribution in [1.29, 1.82) is 0 Å². The predicted octanol–water partition coefficient (Wildman–Crippen LogP) is 1.78. The predicted molar refractivity (Wildman–Crippen MR) is 65.6 cm³/mol. The van der Waals surface area contributed by atoms with E-state index < -0.39 is 0 Å². The summed E-state index contributed by atoms with van der Waals surface area (Å²) in [5.74, 6) is 1.84. The van der Waals surface area contributed by atoms with E-state index >= 15 is 0 Å². The molecule has 1 unspecified atom stereocenters. The molecule has 0 aliphatic rings. The molecule has 5 nitrogen and oxygen atoms in total. The van der Waals surface area contributed by atoms with Crippen LogP contribution in [0.25, 0.3) is 0 Å². The molecule has 1 rings (SSSR count). The van der Waals surface area contributed by atoms with Gasteiger partial charge in [0.15, 0.2) is 5.82 Å². The van der Waals surface area contributed by atoms with Crippen LogP contribution >= 0.6 is 0 Å². The summed E-state index contributed by atoms with van der Waals surface area (Å²) >= 11 is 0. The van der Waals surface area contributed by atoms with Crippen LogP contribution in [0.1, 0.15) is 38.9 Å². The highest BCUT2D eigenvalue weighted by Crippen LogP contribution is 2.09. The SMILES string of the molecule is CCCOCc1noc(CC(NC)C(C)C)n1. The zero-order chi connectivity index (χ0) is 12.7. The summed E-state index contributed by atoms with van der Waals surface area (Å²) in [5, 5.41) is 7.15. The number of rotatable bonds is 8. The summed E-state index contributed by atoms with van der Waals surface area (Å²) < 4.78 is 10.6. The lowest BCUT2D eigenvalue weighted by atomic mass is 10.0. The minimum absolute atomic E-state index is 0.361. The maximum absolute atomic E-state index is 5.36. The quantitative estimate of drug-likeness (QED) is 0.703. The summed E-state index contributed by atoms with van der Waals surface area (Å²) in [6.45, 7) is 7.58. The molecule has 0 saturated heterocycles. The van der Waals surface area contributed by atoms with Gasteiger partial charge in [-0.3, -0.25) is 0 Å². The lowest BCUT2D eigenvalue weighted by Crippen LogP contribution is -2.32. The first kappa shape index (κ1) is 14.1. The molecule has 1 heterocycles. The first-order valence-electron chi connectivity index (χ1n) is 6.23. The Morgan fingerprint density at radius 1 is 1.41 bits per heavy atom. The van der Waals surface area contributed by atoms with Gasteiger partial charge < -0.3 is 14.6 Å². The normalized spacial score (nSPS) is 13.2. The number of hydrogen-bond donors (Lipinski definition) is 1. The van der Waals surface area contributed by atoms with Crippen molar-refractivity contribution < 1.29 is 9.26 Å². The van der Waals surface area contributed by atoms with Crippen LogP contribution in [0.5, 0.6) is 0 Å². The smallest absolute Gasteiger partial charge is 0.228 e. The van der Waals surface area contributed by atoms with Gasteiger partial charge >= 0.3 is 0 Å². The third kappa shape index (κ3) is 4.83. The van der Waals surface area contributed by atoms with E-state index in [4.69, 9.17) is 9.26 Å². The van der Waals surface area contributed by atoms with E-state index in [0.29, 0.717) is 30.3 Å². The van der Waals surface area contributed by atoms with Crippen LogP contribution in [0.15, 0.2) is 4.52 Å². The highest BCUT2D eigenvalue weighted by Gasteiger charge is 2.16. The third-order valence-electron chi connectivity index (χ3n) is 2.66. The maximum atomic E-state index is 5.36. The molecule has 0 aliphatic heterocycles. The molecule has 1 aromatic heterocycles. The maximum Gasteiger partial charge on any atom is 0.228 e. The Labute approximate surface area is 103 Å². The molecule has 17 heavy (non-hydrogen) atoms. The monoisotopic (exact) mass is 241 g/mol. The topological polar surface area (TPSA) is 60.2 Å². The Bertz CT molecular complexity index is 312. The van der Waals surface area contributed by atoms with Crippen molar-refractivity contribution in [2.45, 2.75) is 46.3 Å². The average molecular weight is 241 g/mol. The summed E-state index contributed by atoms with van der Waals surface area (Å²) in [6, 6.07) is 0.361. The molecule has 0 radical (unpaired) electrons. The Hall–Kier alpha value is -0.940. The van der Waals surface area contributed by atoms with Crippen LogP contribution in [0, 0.1) is 5.92 Å². The second-order valence-corrected chi connectivity index (χ2v) is 4.50. The van der Waals surface area contributed by atoms with Gasteiger partial charge in [-0.1, -0.05) is 25.9 Å². The highest BCUT2D eigenvalue weighted by molar-refractivity contribution is 4.89. The van der Waals surface area contributed by atoms with Crippen molar-refractivity contribution in [3.63, 3.8) is 0 Å². The number of hydrogen-bond acceptors (Lipinski definition) is 5. The zero-order valence-corrected chi connectivity index (χ0v) is 11.2. The first-order valence-corrected chi connectivity index (χ1v) is 6.23. The molecule has 0 aromatic carbocycles. The molecule has 0 bridgehead atoms. The van der Waals surface area contributed by atoms with E-state index in [-0.39, 0.29) is 0 Å². The lowest BCUT2D eigenvalue weighted by molar-refractivity contribution is 0.114. The van der Waals surface area contributed by atoms with Crippen LogP contribution in [0.3, 0.4) is 0 Å². The number of likely N-dealkylation sites (N-methyl/N-ethyl adjacent to an activating group) is 1. The number of ether oxygens (including phenoxy) is 1. The Balaban J connectivity index is 2.44. The van der Waals surface area contributed by atoms with Crippen molar-refractivity contribution in [1.82, 2.24) is 15.5 Å². The van der Waals surface area contributed by atoms with E-state index in [1.165, 1.54) is 0 Å². The third-order valence-corrected chi connectivity index (χ3v) is 2.66.